The minimum absolute atomic E-state index is 0.0108. The van der Waals surface area contributed by atoms with E-state index < -0.39 is 5.91 Å². The van der Waals surface area contributed by atoms with Crippen LogP contribution >= 0.6 is 11.3 Å². The van der Waals surface area contributed by atoms with Crippen molar-refractivity contribution in [1.82, 2.24) is 9.80 Å². The minimum atomic E-state index is -0.487. The zero-order valence-electron chi connectivity index (χ0n) is 13.4. The molecule has 0 aromatic carbocycles. The summed E-state index contributed by atoms with van der Waals surface area (Å²) in [5.74, 6) is 0.0173. The third kappa shape index (κ3) is 3.41. The molecule has 2 atom stereocenters. The number of nitrogens with zero attached hydrogens (tertiary/aromatic N) is 2. The highest BCUT2D eigenvalue weighted by atomic mass is 32.1. The summed E-state index contributed by atoms with van der Waals surface area (Å²) in [5, 5.41) is 1.66. The van der Waals surface area contributed by atoms with Crippen LogP contribution in [-0.2, 0) is 4.74 Å². The number of hydrogen-bond acceptors (Lipinski definition) is 5. The van der Waals surface area contributed by atoms with Crippen LogP contribution in [0.2, 0.25) is 0 Å². The van der Waals surface area contributed by atoms with E-state index in [2.05, 4.69) is 11.8 Å². The van der Waals surface area contributed by atoms with E-state index in [9.17, 15) is 9.59 Å². The number of amides is 2. The summed E-state index contributed by atoms with van der Waals surface area (Å²) in [6.45, 7) is 7.13. The molecule has 3 rings (SSSR count). The average Bonchev–Trinajstić information content (AvgIpc) is 3.22. The normalized spacial score (nSPS) is 25.7. The number of ether oxygens (including phenoxy) is 1. The fourth-order valence-electron chi connectivity index (χ4n) is 3.48. The predicted molar refractivity (Wildman–Crippen MR) is 88.7 cm³/mol. The lowest BCUT2D eigenvalue weighted by atomic mass is 9.99. The van der Waals surface area contributed by atoms with Gasteiger partial charge in [-0.15, -0.1) is 11.3 Å². The number of carbonyl (C=O) groups excluding carboxylic acids is 2. The van der Waals surface area contributed by atoms with Gasteiger partial charge < -0.3 is 15.4 Å². The van der Waals surface area contributed by atoms with Crippen molar-refractivity contribution >= 4 is 23.2 Å². The molecule has 2 unspecified atom stereocenters. The first kappa shape index (κ1) is 16.4. The standard InChI is InChI=1S/C16H23N3O3S/c1-2-11-8-19(9-13(11)18-3-5-22-6-4-18)16(21)14-7-12(10-23-14)15(17)20/h7,10-11,13H,2-6,8-9H2,1H3,(H2,17,20). The molecule has 2 N–H and O–H groups in total. The highest BCUT2D eigenvalue weighted by Gasteiger charge is 2.38. The fraction of sp³-hybridized carbons (Fsp3) is 0.625. The van der Waals surface area contributed by atoms with Gasteiger partial charge in [0.25, 0.3) is 5.91 Å². The van der Waals surface area contributed by atoms with Gasteiger partial charge in [-0.05, 0) is 12.0 Å². The number of likely N-dealkylation sites (tertiary alicyclic amines) is 1. The second-order valence-electron chi connectivity index (χ2n) is 6.16. The number of rotatable bonds is 4. The van der Waals surface area contributed by atoms with Crippen LogP contribution in [0.4, 0.5) is 0 Å². The summed E-state index contributed by atoms with van der Waals surface area (Å²) in [6, 6.07) is 2.02. The first-order chi connectivity index (χ1) is 11.1. The Kier molecular flexibility index (Phi) is 4.99. The van der Waals surface area contributed by atoms with Gasteiger partial charge in [0.2, 0.25) is 5.91 Å². The number of thiophene rings is 1. The molecule has 23 heavy (non-hydrogen) atoms. The summed E-state index contributed by atoms with van der Waals surface area (Å²) in [4.78, 5) is 28.9. The topological polar surface area (TPSA) is 75.9 Å². The predicted octanol–water partition coefficient (Wildman–Crippen LogP) is 1.03. The van der Waals surface area contributed by atoms with Crippen LogP contribution in [-0.4, -0.2) is 67.0 Å². The molecule has 0 bridgehead atoms. The molecule has 7 heteroatoms. The fourth-order valence-corrected chi connectivity index (χ4v) is 4.34. The van der Waals surface area contributed by atoms with Crippen molar-refractivity contribution in [1.29, 1.82) is 0 Å². The number of nitrogens with two attached hydrogens (primary N) is 1. The molecule has 1 aromatic rings. The second kappa shape index (κ2) is 6.98. The zero-order valence-corrected chi connectivity index (χ0v) is 14.2. The number of morpholine rings is 1. The summed E-state index contributed by atoms with van der Waals surface area (Å²) >= 11 is 1.29. The number of hydrogen-bond donors (Lipinski definition) is 1. The maximum Gasteiger partial charge on any atom is 0.264 e. The summed E-state index contributed by atoms with van der Waals surface area (Å²) in [6.07, 6.45) is 1.06. The monoisotopic (exact) mass is 337 g/mol. The van der Waals surface area contributed by atoms with E-state index in [1.165, 1.54) is 11.3 Å². The van der Waals surface area contributed by atoms with Crippen LogP contribution in [0.3, 0.4) is 0 Å². The summed E-state index contributed by atoms with van der Waals surface area (Å²) < 4.78 is 5.43. The number of carbonyl (C=O) groups is 2. The van der Waals surface area contributed by atoms with Gasteiger partial charge in [-0.1, -0.05) is 13.3 Å². The largest absolute Gasteiger partial charge is 0.379 e. The maximum atomic E-state index is 12.7. The van der Waals surface area contributed by atoms with Crippen LogP contribution < -0.4 is 5.73 Å². The second-order valence-corrected chi connectivity index (χ2v) is 7.07. The van der Waals surface area contributed by atoms with E-state index in [0.29, 0.717) is 22.4 Å². The van der Waals surface area contributed by atoms with Gasteiger partial charge in [0.15, 0.2) is 0 Å². The van der Waals surface area contributed by atoms with Crippen LogP contribution in [0.15, 0.2) is 11.4 Å². The van der Waals surface area contributed by atoms with Crippen molar-refractivity contribution in [2.45, 2.75) is 19.4 Å². The molecule has 2 fully saturated rings. The quantitative estimate of drug-likeness (QED) is 0.890. The van der Waals surface area contributed by atoms with Crippen LogP contribution in [0, 0.1) is 5.92 Å². The SMILES string of the molecule is CCC1CN(C(=O)c2cc(C(N)=O)cs2)CC1N1CCOCC1. The zero-order chi connectivity index (χ0) is 16.4. The van der Waals surface area contributed by atoms with Crippen molar-refractivity contribution < 1.29 is 14.3 Å². The van der Waals surface area contributed by atoms with E-state index in [1.807, 2.05) is 4.90 Å². The van der Waals surface area contributed by atoms with E-state index >= 15 is 0 Å². The molecule has 2 aliphatic rings. The van der Waals surface area contributed by atoms with Crippen LogP contribution in [0.5, 0.6) is 0 Å². The van der Waals surface area contributed by atoms with Gasteiger partial charge in [0, 0.05) is 37.6 Å². The maximum absolute atomic E-state index is 12.7. The molecule has 126 valence electrons. The smallest absolute Gasteiger partial charge is 0.264 e. The molecule has 2 saturated heterocycles. The van der Waals surface area contributed by atoms with Gasteiger partial charge in [-0.25, -0.2) is 0 Å². The summed E-state index contributed by atoms with van der Waals surface area (Å²) in [7, 11) is 0. The molecule has 6 nitrogen and oxygen atoms in total. The molecule has 0 saturated carbocycles. The van der Waals surface area contributed by atoms with Crippen molar-refractivity contribution in [2.24, 2.45) is 11.7 Å². The van der Waals surface area contributed by atoms with Gasteiger partial charge in [-0.3, -0.25) is 14.5 Å². The lowest BCUT2D eigenvalue weighted by molar-refractivity contribution is 0.0103. The van der Waals surface area contributed by atoms with Crippen molar-refractivity contribution in [2.75, 3.05) is 39.4 Å². The van der Waals surface area contributed by atoms with E-state index in [-0.39, 0.29) is 5.91 Å². The van der Waals surface area contributed by atoms with E-state index in [1.54, 1.807) is 11.4 Å². The molecule has 3 heterocycles. The molecule has 2 aliphatic heterocycles. The molecule has 0 radical (unpaired) electrons. The average molecular weight is 337 g/mol. The van der Waals surface area contributed by atoms with Crippen LogP contribution in [0.25, 0.3) is 0 Å². The van der Waals surface area contributed by atoms with Crippen LogP contribution in [0.1, 0.15) is 33.4 Å². The third-order valence-electron chi connectivity index (χ3n) is 4.83. The molecule has 2 amide bonds. The third-order valence-corrected chi connectivity index (χ3v) is 5.75. The molecular weight excluding hydrogens is 314 g/mol. The Labute approximate surface area is 140 Å². The highest BCUT2D eigenvalue weighted by molar-refractivity contribution is 7.12. The molecule has 1 aromatic heterocycles. The molecule has 0 spiro atoms. The van der Waals surface area contributed by atoms with E-state index in [4.69, 9.17) is 10.5 Å². The highest BCUT2D eigenvalue weighted by Crippen LogP contribution is 2.28. The lowest BCUT2D eigenvalue weighted by Crippen LogP contribution is -2.47. The van der Waals surface area contributed by atoms with Gasteiger partial charge in [-0.2, -0.15) is 0 Å². The Hall–Kier alpha value is -1.44. The van der Waals surface area contributed by atoms with Gasteiger partial charge in [0.1, 0.15) is 0 Å². The Morgan fingerprint density at radius 2 is 2.09 bits per heavy atom. The summed E-state index contributed by atoms with van der Waals surface area (Å²) in [5.41, 5.74) is 5.68. The van der Waals surface area contributed by atoms with Crippen molar-refractivity contribution in [3.63, 3.8) is 0 Å². The first-order valence-corrected chi connectivity index (χ1v) is 8.97. The Balaban J connectivity index is 1.70. The molecular formula is C16H23N3O3S. The Morgan fingerprint density at radius 1 is 1.35 bits per heavy atom. The number of primary amides is 1. The van der Waals surface area contributed by atoms with Gasteiger partial charge in [0.05, 0.1) is 23.7 Å². The van der Waals surface area contributed by atoms with E-state index in [0.717, 1.165) is 45.8 Å². The first-order valence-electron chi connectivity index (χ1n) is 8.09. The lowest BCUT2D eigenvalue weighted by Gasteiger charge is -2.34. The minimum Gasteiger partial charge on any atom is -0.379 e. The van der Waals surface area contributed by atoms with Gasteiger partial charge >= 0.3 is 0 Å². The Morgan fingerprint density at radius 3 is 2.70 bits per heavy atom. The van der Waals surface area contributed by atoms with Crippen molar-refractivity contribution in [3.8, 4) is 0 Å². The Bertz CT molecular complexity index is 583. The van der Waals surface area contributed by atoms with Crippen molar-refractivity contribution in [3.05, 3.63) is 21.9 Å². The molecule has 0 aliphatic carbocycles.